The van der Waals surface area contributed by atoms with Crippen molar-refractivity contribution in [2.24, 2.45) is 0 Å². The number of H-pyrrole nitrogens is 1. The molecule has 1 fully saturated rings. The van der Waals surface area contributed by atoms with Crippen molar-refractivity contribution in [1.29, 1.82) is 0 Å². The van der Waals surface area contributed by atoms with E-state index in [1.54, 1.807) is 20.4 Å². The highest BCUT2D eigenvalue weighted by Gasteiger charge is 2.19. The summed E-state index contributed by atoms with van der Waals surface area (Å²) in [5.74, 6) is 4.97. The second-order valence-electron chi connectivity index (χ2n) is 14.3. The Balaban J connectivity index is 0.000000228. The minimum absolute atomic E-state index is 0.0367. The van der Waals surface area contributed by atoms with Crippen molar-refractivity contribution in [3.05, 3.63) is 77.6 Å². The number of pyridine rings is 1. The monoisotopic (exact) mass is 770 g/mol. The Labute approximate surface area is 330 Å². The second-order valence-corrected chi connectivity index (χ2v) is 14.3. The highest BCUT2D eigenvalue weighted by molar-refractivity contribution is 5.97. The lowest BCUT2D eigenvalue weighted by Crippen LogP contribution is -2.12. The molecule has 0 atom stereocenters. The molecular weight excluding hydrogens is 713 g/mol. The molecular formula is C44H58N4O8. The van der Waals surface area contributed by atoms with Gasteiger partial charge in [0, 0.05) is 34.8 Å². The number of aliphatic hydroxyl groups excluding tert-OH is 2. The summed E-state index contributed by atoms with van der Waals surface area (Å²) in [6.45, 7) is 10.9. The predicted molar refractivity (Wildman–Crippen MR) is 220 cm³/mol. The van der Waals surface area contributed by atoms with Gasteiger partial charge >= 0.3 is 0 Å². The average molecular weight is 771 g/mol. The van der Waals surface area contributed by atoms with Crippen LogP contribution in [0.3, 0.4) is 0 Å². The number of hydrogen-bond acceptors (Lipinski definition) is 11. The molecule has 0 bridgehead atoms. The Hall–Kier alpha value is -5.20. The molecule has 6 rings (SSSR count). The topological polar surface area (TPSA) is 149 Å². The predicted octanol–water partition coefficient (Wildman–Crippen LogP) is 8.65. The van der Waals surface area contributed by atoms with Crippen LogP contribution in [0.2, 0.25) is 0 Å². The van der Waals surface area contributed by atoms with Crippen LogP contribution in [0.5, 0.6) is 34.5 Å². The molecule has 5 aromatic rings. The van der Waals surface area contributed by atoms with E-state index < -0.39 is 0 Å². The third kappa shape index (κ3) is 11.4. The van der Waals surface area contributed by atoms with Crippen LogP contribution in [-0.4, -0.2) is 71.1 Å². The SMILES string of the molecule is CCCc1cc2cc(OCCO)c(OC)cc2c(-c2cc(OC(C)C)cc(OC(C)C)c2)n1.COc1ccc(CNc2[nH]ncc2CO)cc1OC1CCCC1. The first-order valence-electron chi connectivity index (χ1n) is 19.6. The largest absolute Gasteiger partial charge is 0.493 e. The van der Waals surface area contributed by atoms with Crippen molar-refractivity contribution in [3.63, 3.8) is 0 Å². The smallest absolute Gasteiger partial charge is 0.161 e. The van der Waals surface area contributed by atoms with Crippen LogP contribution in [0, 0.1) is 0 Å². The fraction of sp³-hybridized carbons (Fsp3) is 0.455. The quantitative estimate of drug-likeness (QED) is 0.0678. The average Bonchev–Trinajstić information content (AvgIpc) is 3.87. The summed E-state index contributed by atoms with van der Waals surface area (Å²) in [7, 11) is 3.27. The van der Waals surface area contributed by atoms with Crippen LogP contribution in [0.4, 0.5) is 5.82 Å². The van der Waals surface area contributed by atoms with Crippen molar-refractivity contribution >= 4 is 16.6 Å². The van der Waals surface area contributed by atoms with Gasteiger partial charge in [-0.1, -0.05) is 19.4 Å². The molecule has 0 saturated heterocycles. The van der Waals surface area contributed by atoms with Crippen LogP contribution in [0.25, 0.3) is 22.0 Å². The minimum Gasteiger partial charge on any atom is -0.493 e. The second kappa shape index (κ2) is 20.6. The molecule has 0 unspecified atom stereocenters. The first-order chi connectivity index (χ1) is 27.1. The number of aromatic amines is 1. The summed E-state index contributed by atoms with van der Waals surface area (Å²) in [6.07, 6.45) is 8.52. The van der Waals surface area contributed by atoms with Gasteiger partial charge in [0.25, 0.3) is 0 Å². The summed E-state index contributed by atoms with van der Waals surface area (Å²) < 4.78 is 34.9. The van der Waals surface area contributed by atoms with Crippen molar-refractivity contribution in [1.82, 2.24) is 15.2 Å². The maximum absolute atomic E-state index is 9.24. The lowest BCUT2D eigenvalue weighted by atomic mass is 10.0. The lowest BCUT2D eigenvalue weighted by molar-refractivity contribution is 0.196. The molecule has 1 aliphatic carbocycles. The summed E-state index contributed by atoms with van der Waals surface area (Å²) in [5, 5.41) is 30.4. The summed E-state index contributed by atoms with van der Waals surface area (Å²) in [6, 6.07) is 17.9. The molecule has 2 aromatic heterocycles. The summed E-state index contributed by atoms with van der Waals surface area (Å²) in [5.41, 5.74) is 4.58. The van der Waals surface area contributed by atoms with Crippen LogP contribution < -0.4 is 33.7 Å². The van der Waals surface area contributed by atoms with Gasteiger partial charge in [0.1, 0.15) is 23.9 Å². The highest BCUT2D eigenvalue weighted by Crippen LogP contribution is 2.39. The van der Waals surface area contributed by atoms with E-state index in [1.165, 1.54) is 12.8 Å². The van der Waals surface area contributed by atoms with E-state index in [2.05, 4.69) is 28.5 Å². The van der Waals surface area contributed by atoms with Gasteiger partial charge in [-0.15, -0.1) is 0 Å². The van der Waals surface area contributed by atoms with Crippen molar-refractivity contribution < 1.29 is 38.6 Å². The third-order valence-electron chi connectivity index (χ3n) is 9.10. The Morgan fingerprint density at radius 2 is 1.55 bits per heavy atom. The number of nitrogens with zero attached hydrogens (tertiary/aromatic N) is 2. The lowest BCUT2D eigenvalue weighted by Gasteiger charge is -2.18. The Morgan fingerprint density at radius 1 is 0.839 bits per heavy atom. The number of hydrogen-bond donors (Lipinski definition) is 4. The van der Waals surface area contributed by atoms with Crippen LogP contribution in [-0.2, 0) is 19.6 Å². The first kappa shape index (κ1) is 42.0. The number of aryl methyl sites for hydroxylation is 1. The summed E-state index contributed by atoms with van der Waals surface area (Å²) >= 11 is 0. The molecule has 0 amide bonds. The molecule has 12 heteroatoms. The molecule has 302 valence electrons. The summed E-state index contributed by atoms with van der Waals surface area (Å²) in [4.78, 5) is 5.02. The zero-order valence-corrected chi connectivity index (χ0v) is 33.8. The molecule has 0 aliphatic heterocycles. The number of ether oxygens (including phenoxy) is 6. The maximum Gasteiger partial charge on any atom is 0.161 e. The molecule has 3 aromatic carbocycles. The standard InChI is InChI=1S/C27H35NO5.C17H23N3O3/c1-7-8-21-11-19-14-26(31-10-9-29)25(30-6)16-24(19)27(28-21)20-12-22(32-17(2)3)15-23(13-20)33-18(4)5;1-22-15-7-6-12(8-16(15)23-14-4-2-3-5-14)9-18-17-13(11-21)10-19-20-17/h11-18,29H,7-10H2,1-6H3;6-8,10,14,21H,2-5,9,11H2,1H3,(H2,18,19,20). The molecule has 2 heterocycles. The molecule has 0 spiro atoms. The van der Waals surface area contributed by atoms with Gasteiger partial charge in [-0.2, -0.15) is 5.10 Å². The number of fused-ring (bicyclic) bond motifs is 1. The van der Waals surface area contributed by atoms with Gasteiger partial charge in [-0.25, -0.2) is 0 Å². The van der Waals surface area contributed by atoms with Gasteiger partial charge in [-0.05, 0) is 113 Å². The van der Waals surface area contributed by atoms with Gasteiger partial charge < -0.3 is 44.0 Å². The van der Waals surface area contributed by atoms with E-state index in [4.69, 9.17) is 33.4 Å². The molecule has 12 nitrogen and oxygen atoms in total. The first-order valence-corrected chi connectivity index (χ1v) is 19.6. The number of benzene rings is 3. The highest BCUT2D eigenvalue weighted by atomic mass is 16.5. The van der Waals surface area contributed by atoms with Gasteiger partial charge in [0.2, 0.25) is 0 Å². The minimum atomic E-state index is -0.0643. The van der Waals surface area contributed by atoms with Gasteiger partial charge in [0.15, 0.2) is 23.0 Å². The number of rotatable bonds is 18. The fourth-order valence-electron chi connectivity index (χ4n) is 6.62. The van der Waals surface area contributed by atoms with Crippen molar-refractivity contribution in [2.45, 2.75) is 105 Å². The third-order valence-corrected chi connectivity index (χ3v) is 9.10. The zero-order chi connectivity index (χ0) is 40.0. The van der Waals surface area contributed by atoms with Crippen LogP contribution >= 0.6 is 0 Å². The van der Waals surface area contributed by atoms with E-state index in [1.807, 2.05) is 76.2 Å². The van der Waals surface area contributed by atoms with Crippen molar-refractivity contribution in [3.8, 4) is 45.8 Å². The van der Waals surface area contributed by atoms with E-state index in [0.717, 1.165) is 93.3 Å². The van der Waals surface area contributed by atoms with Gasteiger partial charge in [0.05, 0.1) is 57.6 Å². The number of methoxy groups -OCH3 is 2. The molecule has 4 N–H and O–H groups in total. The van der Waals surface area contributed by atoms with E-state index in [0.29, 0.717) is 24.1 Å². The van der Waals surface area contributed by atoms with E-state index >= 15 is 0 Å². The maximum atomic E-state index is 9.24. The van der Waals surface area contributed by atoms with Crippen LogP contribution in [0.15, 0.2) is 60.8 Å². The zero-order valence-electron chi connectivity index (χ0n) is 33.8. The van der Waals surface area contributed by atoms with E-state index in [-0.39, 0.29) is 32.0 Å². The Bertz CT molecular complexity index is 1960. The van der Waals surface area contributed by atoms with E-state index in [9.17, 15) is 10.2 Å². The Kier molecular flexibility index (Phi) is 15.5. The Morgan fingerprint density at radius 3 is 2.18 bits per heavy atom. The number of nitrogens with one attached hydrogen (secondary N) is 2. The number of aliphatic hydroxyl groups is 2. The number of aromatic nitrogens is 3. The van der Waals surface area contributed by atoms with Crippen molar-refractivity contribution in [2.75, 3.05) is 32.8 Å². The van der Waals surface area contributed by atoms with Gasteiger partial charge in [-0.3, -0.25) is 10.1 Å². The number of anilines is 1. The fourth-order valence-corrected chi connectivity index (χ4v) is 6.62. The van der Waals surface area contributed by atoms with Crippen LogP contribution in [0.1, 0.15) is 83.5 Å². The molecule has 0 radical (unpaired) electrons. The molecule has 56 heavy (non-hydrogen) atoms. The normalized spacial score (nSPS) is 12.8. The molecule has 1 saturated carbocycles. The molecule has 1 aliphatic rings.